The number of H-pyrrole nitrogens is 1. The molecule has 0 amide bonds. The summed E-state index contributed by atoms with van der Waals surface area (Å²) in [6.45, 7) is 3.63. The van der Waals surface area contributed by atoms with Gasteiger partial charge in [-0.15, -0.1) is 0 Å². The minimum atomic E-state index is -0.468. The highest BCUT2D eigenvalue weighted by Gasteiger charge is 2.16. The Morgan fingerprint density at radius 1 is 1.03 bits per heavy atom. The Morgan fingerprint density at radius 3 is 2.48 bits per heavy atom. The SMILES string of the molecule is Cc1cccc2c(O)c(C=Nc3c(C)n(C)n(-c4ccccc4)c3=O)c(=O)[nH]c12. The Balaban J connectivity index is 1.86. The van der Waals surface area contributed by atoms with Crippen LogP contribution in [0.15, 0.2) is 63.1 Å². The average Bonchev–Trinajstić information content (AvgIpc) is 2.92. The van der Waals surface area contributed by atoms with Gasteiger partial charge in [-0.05, 0) is 37.6 Å². The van der Waals surface area contributed by atoms with E-state index < -0.39 is 5.56 Å². The van der Waals surface area contributed by atoms with Crippen molar-refractivity contribution in [3.05, 3.63) is 86.1 Å². The minimum absolute atomic E-state index is 0.0111. The van der Waals surface area contributed by atoms with Gasteiger partial charge in [0.2, 0.25) is 0 Å². The number of fused-ring (bicyclic) bond motifs is 1. The lowest BCUT2D eigenvalue weighted by molar-refractivity contribution is 0.479. The molecule has 0 unspecified atom stereocenters. The van der Waals surface area contributed by atoms with E-state index in [1.54, 1.807) is 30.8 Å². The van der Waals surface area contributed by atoms with Crippen LogP contribution in [0.3, 0.4) is 0 Å². The van der Waals surface area contributed by atoms with Gasteiger partial charge in [0.05, 0.1) is 16.9 Å². The molecule has 0 fully saturated rings. The molecule has 2 aromatic carbocycles. The standard InChI is InChI=1S/C22H20N4O3/c1-13-8-7-11-16-18(13)24-21(28)17(20(16)27)12-23-19-14(2)25(3)26(22(19)29)15-9-5-4-6-10-15/h4-12H,1-3H3,(H2,24,27,28). The number of aromatic amines is 1. The fourth-order valence-corrected chi connectivity index (χ4v) is 3.42. The fraction of sp³-hybridized carbons (Fsp3) is 0.136. The Bertz CT molecular complexity index is 1380. The Labute approximate surface area is 166 Å². The second kappa shape index (κ2) is 6.94. The number of aromatic nitrogens is 3. The van der Waals surface area contributed by atoms with Gasteiger partial charge < -0.3 is 10.1 Å². The number of hydrogen-bond donors (Lipinski definition) is 2. The van der Waals surface area contributed by atoms with Crippen LogP contribution in [0.25, 0.3) is 16.6 Å². The van der Waals surface area contributed by atoms with Crippen LogP contribution in [-0.2, 0) is 7.05 Å². The van der Waals surface area contributed by atoms with Crippen LogP contribution in [0.2, 0.25) is 0 Å². The molecule has 0 spiro atoms. The normalized spacial score (nSPS) is 11.6. The zero-order chi connectivity index (χ0) is 20.7. The van der Waals surface area contributed by atoms with Crippen molar-refractivity contribution in [2.75, 3.05) is 0 Å². The van der Waals surface area contributed by atoms with E-state index in [-0.39, 0.29) is 22.6 Å². The van der Waals surface area contributed by atoms with E-state index in [1.165, 1.54) is 10.9 Å². The van der Waals surface area contributed by atoms with Gasteiger partial charge >= 0.3 is 0 Å². The molecular weight excluding hydrogens is 368 g/mol. The molecule has 4 aromatic rings. The van der Waals surface area contributed by atoms with Crippen molar-refractivity contribution < 1.29 is 5.11 Å². The first-order valence-corrected chi connectivity index (χ1v) is 9.13. The number of rotatable bonds is 3. The number of hydrogen-bond acceptors (Lipinski definition) is 4. The summed E-state index contributed by atoms with van der Waals surface area (Å²) in [6, 6.07) is 14.6. The van der Waals surface area contributed by atoms with Crippen LogP contribution < -0.4 is 11.1 Å². The molecule has 146 valence electrons. The molecule has 0 atom stereocenters. The van der Waals surface area contributed by atoms with E-state index in [9.17, 15) is 14.7 Å². The molecule has 7 heteroatoms. The van der Waals surface area contributed by atoms with E-state index in [0.717, 1.165) is 5.56 Å². The maximum atomic E-state index is 12.9. The van der Waals surface area contributed by atoms with Crippen molar-refractivity contribution in [1.82, 2.24) is 14.3 Å². The lowest BCUT2D eigenvalue weighted by atomic mass is 10.1. The molecular formula is C22H20N4O3. The summed E-state index contributed by atoms with van der Waals surface area (Å²) in [6.07, 6.45) is 1.25. The summed E-state index contributed by atoms with van der Waals surface area (Å²) < 4.78 is 3.22. The van der Waals surface area contributed by atoms with Gasteiger partial charge in [-0.1, -0.05) is 30.3 Å². The van der Waals surface area contributed by atoms with Gasteiger partial charge in [0.15, 0.2) is 5.69 Å². The predicted molar refractivity (Wildman–Crippen MR) is 114 cm³/mol. The van der Waals surface area contributed by atoms with Crippen LogP contribution in [0.5, 0.6) is 5.75 Å². The largest absolute Gasteiger partial charge is 0.506 e. The van der Waals surface area contributed by atoms with Gasteiger partial charge in [0.25, 0.3) is 11.1 Å². The molecule has 0 aliphatic carbocycles. The Morgan fingerprint density at radius 2 is 1.76 bits per heavy atom. The zero-order valence-corrected chi connectivity index (χ0v) is 16.3. The van der Waals surface area contributed by atoms with Crippen molar-refractivity contribution in [2.45, 2.75) is 13.8 Å². The summed E-state index contributed by atoms with van der Waals surface area (Å²) in [5.41, 5.74) is 2.23. The van der Waals surface area contributed by atoms with Gasteiger partial charge in [0.1, 0.15) is 11.3 Å². The van der Waals surface area contributed by atoms with Gasteiger partial charge in [-0.2, -0.15) is 0 Å². The second-order valence-electron chi connectivity index (χ2n) is 6.88. The molecule has 0 saturated carbocycles. The molecule has 29 heavy (non-hydrogen) atoms. The maximum Gasteiger partial charge on any atom is 0.297 e. The number of aliphatic imine (C=N–C) groups is 1. The number of nitrogens with zero attached hydrogens (tertiary/aromatic N) is 3. The first-order valence-electron chi connectivity index (χ1n) is 9.13. The predicted octanol–water partition coefficient (Wildman–Crippen LogP) is 3.09. The van der Waals surface area contributed by atoms with Gasteiger partial charge in [0, 0.05) is 18.6 Å². The molecule has 2 heterocycles. The molecule has 7 nitrogen and oxygen atoms in total. The van der Waals surface area contributed by atoms with E-state index >= 15 is 0 Å². The van der Waals surface area contributed by atoms with Gasteiger partial charge in [-0.3, -0.25) is 14.3 Å². The number of para-hydroxylation sites is 2. The van der Waals surface area contributed by atoms with Crippen LogP contribution >= 0.6 is 0 Å². The fourth-order valence-electron chi connectivity index (χ4n) is 3.42. The van der Waals surface area contributed by atoms with Crippen molar-refractivity contribution in [2.24, 2.45) is 12.0 Å². The molecule has 0 aliphatic heterocycles. The number of benzene rings is 2. The molecule has 2 aromatic heterocycles. The third-order valence-corrected chi connectivity index (χ3v) is 5.11. The molecule has 0 aliphatic rings. The number of aromatic hydroxyl groups is 1. The maximum absolute atomic E-state index is 12.9. The van der Waals surface area contributed by atoms with E-state index in [1.807, 2.05) is 43.3 Å². The molecule has 0 radical (unpaired) electrons. The van der Waals surface area contributed by atoms with Crippen molar-refractivity contribution in [3.63, 3.8) is 0 Å². The summed E-state index contributed by atoms with van der Waals surface area (Å²) in [7, 11) is 1.77. The molecule has 0 saturated heterocycles. The molecule has 0 bridgehead atoms. The Kier molecular flexibility index (Phi) is 4.43. The first kappa shape index (κ1) is 18.5. The van der Waals surface area contributed by atoms with Crippen LogP contribution in [-0.4, -0.2) is 25.7 Å². The highest BCUT2D eigenvalue weighted by Crippen LogP contribution is 2.26. The van der Waals surface area contributed by atoms with Crippen LogP contribution in [0.1, 0.15) is 16.8 Å². The lowest BCUT2D eigenvalue weighted by Gasteiger charge is -2.07. The van der Waals surface area contributed by atoms with Crippen LogP contribution in [0, 0.1) is 13.8 Å². The number of nitrogens with one attached hydrogen (secondary N) is 1. The van der Waals surface area contributed by atoms with E-state index in [0.29, 0.717) is 22.3 Å². The summed E-state index contributed by atoms with van der Waals surface area (Å²) in [4.78, 5) is 32.5. The average molecular weight is 388 g/mol. The molecule has 4 rings (SSSR count). The van der Waals surface area contributed by atoms with E-state index in [4.69, 9.17) is 0 Å². The molecule has 2 N–H and O–H groups in total. The third kappa shape index (κ3) is 2.97. The lowest BCUT2D eigenvalue weighted by Crippen LogP contribution is -2.19. The number of aryl methyl sites for hydroxylation is 1. The highest BCUT2D eigenvalue weighted by atomic mass is 16.3. The summed E-state index contributed by atoms with van der Waals surface area (Å²) in [5.74, 6) is -0.159. The van der Waals surface area contributed by atoms with Crippen LogP contribution in [0.4, 0.5) is 5.69 Å². The summed E-state index contributed by atoms with van der Waals surface area (Å²) in [5, 5.41) is 11.1. The monoisotopic (exact) mass is 388 g/mol. The Hall–Kier alpha value is -3.87. The smallest absolute Gasteiger partial charge is 0.297 e. The topological polar surface area (TPSA) is 92.4 Å². The number of pyridine rings is 1. The van der Waals surface area contributed by atoms with Crippen molar-refractivity contribution >= 4 is 22.8 Å². The second-order valence-corrected chi connectivity index (χ2v) is 6.88. The summed E-state index contributed by atoms with van der Waals surface area (Å²) >= 11 is 0. The quantitative estimate of drug-likeness (QED) is 0.528. The van der Waals surface area contributed by atoms with Crippen molar-refractivity contribution in [3.8, 4) is 11.4 Å². The van der Waals surface area contributed by atoms with Crippen molar-refractivity contribution in [1.29, 1.82) is 0 Å². The minimum Gasteiger partial charge on any atom is -0.506 e. The van der Waals surface area contributed by atoms with E-state index in [2.05, 4.69) is 9.98 Å². The zero-order valence-electron chi connectivity index (χ0n) is 16.3. The first-order chi connectivity index (χ1) is 13.9. The third-order valence-electron chi connectivity index (χ3n) is 5.11. The van der Waals surface area contributed by atoms with Gasteiger partial charge in [-0.25, -0.2) is 9.67 Å². The highest BCUT2D eigenvalue weighted by molar-refractivity contribution is 5.96.